The van der Waals surface area contributed by atoms with E-state index in [-0.39, 0.29) is 0 Å². The lowest BCUT2D eigenvalue weighted by atomic mass is 10.2. The number of aryl methyl sites for hydroxylation is 1. The lowest BCUT2D eigenvalue weighted by molar-refractivity contribution is 0.585. The molecule has 0 atom stereocenters. The number of hydrogen-bond donors (Lipinski definition) is 3. The van der Waals surface area contributed by atoms with Crippen LogP contribution in [0, 0.1) is 6.92 Å². The van der Waals surface area contributed by atoms with Crippen LogP contribution >= 0.6 is 0 Å². The summed E-state index contributed by atoms with van der Waals surface area (Å²) >= 11 is 0. The Balaban J connectivity index is 2.24. The molecule has 0 saturated heterocycles. The standard InChI is InChI=1S/C10H17N3O2S/c1-9-5-3-4-6-10(9)13-11-7-8-12-16(2,14)15/h3-6,11-13H,7-8H2,1-2H3. The number of nitrogens with one attached hydrogen (secondary N) is 3. The fourth-order valence-electron chi connectivity index (χ4n) is 1.17. The zero-order chi connectivity index (χ0) is 12.0. The van der Waals surface area contributed by atoms with Gasteiger partial charge in [0.1, 0.15) is 0 Å². The molecule has 0 bridgehead atoms. The summed E-state index contributed by atoms with van der Waals surface area (Å²) in [6, 6.07) is 7.85. The Morgan fingerprint density at radius 1 is 1.19 bits per heavy atom. The molecule has 0 saturated carbocycles. The third kappa shape index (κ3) is 5.11. The predicted molar refractivity (Wildman–Crippen MR) is 65.7 cm³/mol. The topological polar surface area (TPSA) is 70.2 Å². The van der Waals surface area contributed by atoms with E-state index in [1.54, 1.807) is 0 Å². The van der Waals surface area contributed by atoms with E-state index in [4.69, 9.17) is 0 Å². The molecule has 0 fully saturated rings. The number of para-hydroxylation sites is 1. The maximum Gasteiger partial charge on any atom is 0.208 e. The molecular weight excluding hydrogens is 226 g/mol. The SMILES string of the molecule is Cc1ccccc1NNCCNS(C)(=O)=O. The Labute approximate surface area is 96.3 Å². The molecule has 90 valence electrons. The molecule has 0 amide bonds. The zero-order valence-corrected chi connectivity index (χ0v) is 10.3. The van der Waals surface area contributed by atoms with Crippen molar-refractivity contribution in [3.63, 3.8) is 0 Å². The average Bonchev–Trinajstić information content (AvgIpc) is 2.18. The first-order valence-corrected chi connectivity index (χ1v) is 6.87. The Kier molecular flexibility index (Phi) is 4.72. The van der Waals surface area contributed by atoms with Crippen LogP contribution in [0.1, 0.15) is 5.56 Å². The van der Waals surface area contributed by atoms with Gasteiger partial charge in [-0.15, -0.1) is 0 Å². The maximum atomic E-state index is 10.8. The van der Waals surface area contributed by atoms with Crippen molar-refractivity contribution in [2.24, 2.45) is 0 Å². The molecule has 1 rings (SSSR count). The van der Waals surface area contributed by atoms with Crippen LogP contribution in [0.3, 0.4) is 0 Å². The van der Waals surface area contributed by atoms with Gasteiger partial charge in [0.25, 0.3) is 0 Å². The molecule has 5 nitrogen and oxygen atoms in total. The van der Waals surface area contributed by atoms with Crippen LogP contribution in [-0.2, 0) is 10.0 Å². The van der Waals surface area contributed by atoms with Gasteiger partial charge >= 0.3 is 0 Å². The van der Waals surface area contributed by atoms with E-state index >= 15 is 0 Å². The molecule has 0 aromatic heterocycles. The summed E-state index contributed by atoms with van der Waals surface area (Å²) in [5.74, 6) is 0. The third-order valence-corrected chi connectivity index (χ3v) is 2.71. The van der Waals surface area contributed by atoms with Crippen LogP contribution in [0.2, 0.25) is 0 Å². The molecule has 6 heteroatoms. The quantitative estimate of drug-likeness (QED) is 0.501. The summed E-state index contributed by atoms with van der Waals surface area (Å²) in [4.78, 5) is 0. The van der Waals surface area contributed by atoms with E-state index in [0.29, 0.717) is 13.1 Å². The summed E-state index contributed by atoms with van der Waals surface area (Å²) < 4.78 is 23.9. The molecule has 0 aliphatic carbocycles. The van der Waals surface area contributed by atoms with Gasteiger partial charge in [0.05, 0.1) is 11.9 Å². The normalized spacial score (nSPS) is 11.4. The summed E-state index contributed by atoms with van der Waals surface area (Å²) in [6.45, 7) is 2.87. The van der Waals surface area contributed by atoms with Crippen molar-refractivity contribution >= 4 is 15.7 Å². The fourth-order valence-corrected chi connectivity index (χ4v) is 1.64. The van der Waals surface area contributed by atoms with Gasteiger partial charge in [-0.3, -0.25) is 0 Å². The van der Waals surface area contributed by atoms with E-state index in [2.05, 4.69) is 15.6 Å². The van der Waals surface area contributed by atoms with E-state index in [9.17, 15) is 8.42 Å². The largest absolute Gasteiger partial charge is 0.321 e. The third-order valence-electron chi connectivity index (χ3n) is 1.98. The van der Waals surface area contributed by atoms with Gasteiger partial charge in [-0.25, -0.2) is 18.6 Å². The minimum absolute atomic E-state index is 0.359. The van der Waals surface area contributed by atoms with Gasteiger partial charge < -0.3 is 5.43 Å². The van der Waals surface area contributed by atoms with Crippen molar-refractivity contribution < 1.29 is 8.42 Å². The highest BCUT2D eigenvalue weighted by atomic mass is 32.2. The lowest BCUT2D eigenvalue weighted by Crippen LogP contribution is -2.33. The lowest BCUT2D eigenvalue weighted by Gasteiger charge is -2.10. The Morgan fingerprint density at radius 2 is 1.88 bits per heavy atom. The molecule has 1 aromatic carbocycles. The Bertz CT molecular complexity index is 431. The minimum Gasteiger partial charge on any atom is -0.321 e. The van der Waals surface area contributed by atoms with Crippen molar-refractivity contribution in [3.05, 3.63) is 29.8 Å². The minimum atomic E-state index is -3.10. The van der Waals surface area contributed by atoms with Gasteiger partial charge in [-0.1, -0.05) is 18.2 Å². The number of anilines is 1. The summed E-state index contributed by atoms with van der Waals surface area (Å²) in [5.41, 5.74) is 8.07. The number of hydrazine groups is 1. The highest BCUT2D eigenvalue weighted by molar-refractivity contribution is 7.88. The first kappa shape index (κ1) is 13.0. The van der Waals surface area contributed by atoms with Crippen LogP contribution < -0.4 is 15.6 Å². The molecule has 0 aliphatic heterocycles. The van der Waals surface area contributed by atoms with Crippen LogP contribution in [0.4, 0.5) is 5.69 Å². The highest BCUT2D eigenvalue weighted by Gasteiger charge is 1.98. The number of sulfonamides is 1. The van der Waals surface area contributed by atoms with Crippen molar-refractivity contribution in [1.29, 1.82) is 0 Å². The van der Waals surface area contributed by atoms with Crippen molar-refractivity contribution in [2.45, 2.75) is 6.92 Å². The predicted octanol–water partition coefficient (Wildman–Crippen LogP) is 0.461. The summed E-state index contributed by atoms with van der Waals surface area (Å²) in [6.07, 6.45) is 1.14. The van der Waals surface area contributed by atoms with Crippen molar-refractivity contribution in [3.8, 4) is 0 Å². The van der Waals surface area contributed by atoms with Crippen molar-refractivity contribution in [1.82, 2.24) is 10.1 Å². The molecule has 16 heavy (non-hydrogen) atoms. The molecule has 0 spiro atoms. The molecule has 0 aliphatic rings. The zero-order valence-electron chi connectivity index (χ0n) is 9.45. The maximum absolute atomic E-state index is 10.8. The molecule has 1 aromatic rings. The number of benzene rings is 1. The Hall–Kier alpha value is -1.11. The smallest absolute Gasteiger partial charge is 0.208 e. The highest BCUT2D eigenvalue weighted by Crippen LogP contribution is 2.11. The van der Waals surface area contributed by atoms with Crippen LogP contribution in [-0.4, -0.2) is 27.8 Å². The number of hydrogen-bond acceptors (Lipinski definition) is 4. The van der Waals surface area contributed by atoms with Gasteiger partial charge in [0, 0.05) is 13.1 Å². The molecule has 0 heterocycles. The number of rotatable bonds is 6. The van der Waals surface area contributed by atoms with Gasteiger partial charge in [-0.2, -0.15) is 0 Å². The summed E-state index contributed by atoms with van der Waals surface area (Å²) in [5, 5.41) is 0. The fraction of sp³-hybridized carbons (Fsp3) is 0.400. The van der Waals surface area contributed by atoms with Crippen LogP contribution in [0.25, 0.3) is 0 Å². The monoisotopic (exact) mass is 243 g/mol. The molecule has 3 N–H and O–H groups in total. The van der Waals surface area contributed by atoms with Gasteiger partial charge in [0.15, 0.2) is 0 Å². The Morgan fingerprint density at radius 3 is 2.50 bits per heavy atom. The molecular formula is C10H17N3O2S. The van der Waals surface area contributed by atoms with Gasteiger partial charge in [-0.05, 0) is 18.6 Å². The first-order valence-electron chi connectivity index (χ1n) is 4.98. The second-order valence-electron chi connectivity index (χ2n) is 3.53. The van der Waals surface area contributed by atoms with Crippen LogP contribution in [0.5, 0.6) is 0 Å². The van der Waals surface area contributed by atoms with E-state index in [1.165, 1.54) is 0 Å². The van der Waals surface area contributed by atoms with E-state index in [0.717, 1.165) is 17.5 Å². The molecule has 0 radical (unpaired) electrons. The average molecular weight is 243 g/mol. The summed E-state index contributed by atoms with van der Waals surface area (Å²) in [7, 11) is -3.10. The second-order valence-corrected chi connectivity index (χ2v) is 5.37. The second kappa shape index (κ2) is 5.83. The molecule has 0 unspecified atom stereocenters. The van der Waals surface area contributed by atoms with Gasteiger partial charge in [0.2, 0.25) is 10.0 Å². The van der Waals surface area contributed by atoms with E-state index < -0.39 is 10.0 Å². The van der Waals surface area contributed by atoms with E-state index in [1.807, 2.05) is 31.2 Å². The van der Waals surface area contributed by atoms with Crippen LogP contribution in [0.15, 0.2) is 24.3 Å². The first-order chi connectivity index (χ1) is 7.49. The van der Waals surface area contributed by atoms with Crippen molar-refractivity contribution in [2.75, 3.05) is 24.8 Å².